The van der Waals surface area contributed by atoms with Gasteiger partial charge in [0.15, 0.2) is 5.76 Å². The van der Waals surface area contributed by atoms with Crippen molar-refractivity contribution in [2.75, 3.05) is 6.54 Å². The Hall–Kier alpha value is -2.57. The van der Waals surface area contributed by atoms with Gasteiger partial charge in [0.25, 0.3) is 5.91 Å². The number of H-pyrrole nitrogens is 1. The highest BCUT2D eigenvalue weighted by Gasteiger charge is 2.11. The Morgan fingerprint density at radius 2 is 2.33 bits per heavy atom. The minimum atomic E-state index is -0.271. The molecule has 0 bridgehead atoms. The summed E-state index contributed by atoms with van der Waals surface area (Å²) in [5.74, 6) is -0.0591. The van der Waals surface area contributed by atoms with Crippen LogP contribution >= 0.6 is 0 Å². The van der Waals surface area contributed by atoms with Gasteiger partial charge in [-0.1, -0.05) is 0 Å². The number of hydrogen-bond acceptors (Lipinski definition) is 4. The van der Waals surface area contributed by atoms with Crippen molar-refractivity contribution in [3.8, 4) is 0 Å². The van der Waals surface area contributed by atoms with Gasteiger partial charge in [-0.05, 0) is 25.5 Å². The maximum atomic E-state index is 11.7. The van der Waals surface area contributed by atoms with E-state index in [1.54, 1.807) is 24.5 Å². The van der Waals surface area contributed by atoms with Crippen LogP contribution in [0.1, 0.15) is 41.9 Å². The second kappa shape index (κ2) is 7.28. The number of carbonyl (C=O) groups is 2. The number of furan rings is 1. The third-order valence-electron chi connectivity index (χ3n) is 3.01. The SMILES string of the molecule is CC(NC(=O)CCCNC(=O)c1ccco1)c1cn[nH]c1. The third-order valence-corrected chi connectivity index (χ3v) is 3.01. The van der Waals surface area contributed by atoms with Crippen LogP contribution in [-0.4, -0.2) is 28.6 Å². The average Bonchev–Trinajstić information content (AvgIpc) is 3.15. The molecule has 0 radical (unpaired) electrons. The van der Waals surface area contributed by atoms with Crippen molar-refractivity contribution < 1.29 is 14.0 Å². The number of hydrogen-bond donors (Lipinski definition) is 3. The van der Waals surface area contributed by atoms with Crippen LogP contribution in [0.4, 0.5) is 0 Å². The molecule has 112 valence electrons. The second-order valence-electron chi connectivity index (χ2n) is 4.66. The van der Waals surface area contributed by atoms with Gasteiger partial charge < -0.3 is 15.1 Å². The van der Waals surface area contributed by atoms with Gasteiger partial charge in [-0.25, -0.2) is 0 Å². The lowest BCUT2D eigenvalue weighted by Gasteiger charge is -2.11. The molecule has 1 unspecified atom stereocenters. The average molecular weight is 290 g/mol. The molecule has 2 aromatic heterocycles. The number of carbonyl (C=O) groups excluding carboxylic acids is 2. The zero-order chi connectivity index (χ0) is 15.1. The molecule has 0 aliphatic rings. The fraction of sp³-hybridized carbons (Fsp3) is 0.357. The first-order valence-electron chi connectivity index (χ1n) is 6.76. The Balaban J connectivity index is 1.62. The van der Waals surface area contributed by atoms with Gasteiger partial charge in [0.05, 0.1) is 18.5 Å². The predicted molar refractivity (Wildman–Crippen MR) is 75.4 cm³/mol. The summed E-state index contributed by atoms with van der Waals surface area (Å²) in [6.07, 6.45) is 5.78. The molecule has 0 aliphatic carbocycles. The quantitative estimate of drug-likeness (QED) is 0.671. The molecule has 0 aliphatic heterocycles. The lowest BCUT2D eigenvalue weighted by molar-refractivity contribution is -0.121. The molecular formula is C14H18N4O3. The lowest BCUT2D eigenvalue weighted by Crippen LogP contribution is -2.28. The van der Waals surface area contributed by atoms with Crippen molar-refractivity contribution in [2.24, 2.45) is 0 Å². The number of aromatic nitrogens is 2. The minimum absolute atomic E-state index is 0.0593. The number of nitrogens with zero attached hydrogens (tertiary/aromatic N) is 1. The minimum Gasteiger partial charge on any atom is -0.459 e. The van der Waals surface area contributed by atoms with Crippen LogP contribution in [-0.2, 0) is 4.79 Å². The lowest BCUT2D eigenvalue weighted by atomic mass is 10.2. The summed E-state index contributed by atoms with van der Waals surface area (Å²) in [6.45, 7) is 2.31. The van der Waals surface area contributed by atoms with E-state index in [2.05, 4.69) is 20.8 Å². The zero-order valence-electron chi connectivity index (χ0n) is 11.8. The summed E-state index contributed by atoms with van der Waals surface area (Å²) in [5, 5.41) is 12.1. The maximum Gasteiger partial charge on any atom is 0.286 e. The summed E-state index contributed by atoms with van der Waals surface area (Å²) in [4.78, 5) is 23.3. The fourth-order valence-corrected chi connectivity index (χ4v) is 1.84. The van der Waals surface area contributed by atoms with Gasteiger partial charge in [0, 0.05) is 24.7 Å². The molecular weight excluding hydrogens is 272 g/mol. The monoisotopic (exact) mass is 290 g/mol. The largest absolute Gasteiger partial charge is 0.459 e. The van der Waals surface area contributed by atoms with Crippen LogP contribution < -0.4 is 10.6 Å². The molecule has 7 heteroatoms. The Labute approximate surface area is 122 Å². The van der Waals surface area contributed by atoms with Crippen LogP contribution in [0.3, 0.4) is 0 Å². The van der Waals surface area contributed by atoms with E-state index in [1.165, 1.54) is 6.26 Å². The molecule has 2 heterocycles. The van der Waals surface area contributed by atoms with Crippen molar-refractivity contribution in [3.63, 3.8) is 0 Å². The van der Waals surface area contributed by atoms with Crippen LogP contribution in [0, 0.1) is 0 Å². The Morgan fingerprint density at radius 1 is 1.48 bits per heavy atom. The normalized spacial score (nSPS) is 11.9. The van der Waals surface area contributed by atoms with Gasteiger partial charge in [-0.2, -0.15) is 5.10 Å². The number of nitrogens with one attached hydrogen (secondary N) is 3. The van der Waals surface area contributed by atoms with Crippen LogP contribution in [0.25, 0.3) is 0 Å². The van der Waals surface area contributed by atoms with E-state index >= 15 is 0 Å². The topological polar surface area (TPSA) is 100 Å². The third kappa shape index (κ3) is 4.48. The van der Waals surface area contributed by atoms with Gasteiger partial charge in [-0.15, -0.1) is 0 Å². The standard InChI is InChI=1S/C14H18N4O3/c1-10(11-8-16-17-9-11)18-13(19)5-2-6-15-14(20)12-4-3-7-21-12/h3-4,7-10H,2,5-6H2,1H3,(H,15,20)(H,16,17)(H,18,19). The maximum absolute atomic E-state index is 11.7. The first-order chi connectivity index (χ1) is 10.2. The summed E-state index contributed by atoms with van der Waals surface area (Å²) >= 11 is 0. The van der Waals surface area contributed by atoms with E-state index in [0.29, 0.717) is 19.4 Å². The molecule has 21 heavy (non-hydrogen) atoms. The number of aromatic amines is 1. The molecule has 0 fully saturated rings. The Bertz CT molecular complexity index is 563. The van der Waals surface area contributed by atoms with Gasteiger partial charge >= 0.3 is 0 Å². The zero-order valence-corrected chi connectivity index (χ0v) is 11.8. The van der Waals surface area contributed by atoms with E-state index < -0.39 is 0 Å². The predicted octanol–water partition coefficient (Wildman–Crippen LogP) is 1.39. The smallest absolute Gasteiger partial charge is 0.286 e. The molecule has 2 amide bonds. The highest BCUT2D eigenvalue weighted by Crippen LogP contribution is 2.09. The van der Waals surface area contributed by atoms with E-state index in [4.69, 9.17) is 4.42 Å². The Morgan fingerprint density at radius 3 is 3.00 bits per heavy atom. The summed E-state index contributed by atoms with van der Waals surface area (Å²) in [6, 6.07) is 3.16. The molecule has 2 aromatic rings. The van der Waals surface area contributed by atoms with Crippen molar-refractivity contribution in [2.45, 2.75) is 25.8 Å². The molecule has 1 atom stereocenters. The highest BCUT2D eigenvalue weighted by atomic mass is 16.3. The van der Waals surface area contributed by atoms with Gasteiger partial charge in [0.1, 0.15) is 0 Å². The van der Waals surface area contributed by atoms with Crippen LogP contribution in [0.15, 0.2) is 35.2 Å². The molecule has 2 rings (SSSR count). The van der Waals surface area contributed by atoms with Crippen molar-refractivity contribution in [1.29, 1.82) is 0 Å². The van der Waals surface area contributed by atoms with Crippen LogP contribution in [0.5, 0.6) is 0 Å². The summed E-state index contributed by atoms with van der Waals surface area (Å²) in [7, 11) is 0. The van der Waals surface area contributed by atoms with E-state index in [1.807, 2.05) is 6.92 Å². The first kappa shape index (κ1) is 14.8. The fourth-order valence-electron chi connectivity index (χ4n) is 1.84. The van der Waals surface area contributed by atoms with E-state index in [-0.39, 0.29) is 23.6 Å². The van der Waals surface area contributed by atoms with Crippen molar-refractivity contribution >= 4 is 11.8 Å². The number of amides is 2. The molecule has 0 saturated heterocycles. The van der Waals surface area contributed by atoms with Gasteiger partial charge in [0.2, 0.25) is 5.91 Å². The molecule has 0 aromatic carbocycles. The molecule has 3 N–H and O–H groups in total. The van der Waals surface area contributed by atoms with Crippen LogP contribution in [0.2, 0.25) is 0 Å². The second-order valence-corrected chi connectivity index (χ2v) is 4.66. The molecule has 0 spiro atoms. The first-order valence-corrected chi connectivity index (χ1v) is 6.76. The highest BCUT2D eigenvalue weighted by molar-refractivity contribution is 5.91. The summed E-state index contributed by atoms with van der Waals surface area (Å²) < 4.78 is 4.97. The molecule has 0 saturated carbocycles. The summed E-state index contributed by atoms with van der Waals surface area (Å²) in [5.41, 5.74) is 0.925. The Kier molecular flexibility index (Phi) is 5.14. The van der Waals surface area contributed by atoms with Gasteiger partial charge in [-0.3, -0.25) is 14.7 Å². The van der Waals surface area contributed by atoms with Crippen molar-refractivity contribution in [1.82, 2.24) is 20.8 Å². The number of rotatable bonds is 7. The van der Waals surface area contributed by atoms with E-state index in [0.717, 1.165) is 5.56 Å². The van der Waals surface area contributed by atoms with Crippen molar-refractivity contribution in [3.05, 3.63) is 42.1 Å². The van der Waals surface area contributed by atoms with E-state index in [9.17, 15) is 9.59 Å². The molecule has 7 nitrogen and oxygen atoms in total.